The van der Waals surface area contributed by atoms with Gasteiger partial charge in [0, 0.05) is 11.6 Å². The van der Waals surface area contributed by atoms with E-state index in [9.17, 15) is 14.5 Å². The number of nitrogens with zero attached hydrogens (tertiary/aromatic N) is 1. The zero-order valence-corrected chi connectivity index (χ0v) is 9.49. The molecule has 0 amide bonds. The summed E-state index contributed by atoms with van der Waals surface area (Å²) in [7, 11) is 0. The van der Waals surface area contributed by atoms with Crippen molar-refractivity contribution < 1.29 is 9.31 Å². The van der Waals surface area contributed by atoms with E-state index in [2.05, 4.69) is 5.32 Å². The van der Waals surface area contributed by atoms with E-state index in [-0.39, 0.29) is 11.7 Å². The molecule has 0 spiro atoms. The van der Waals surface area contributed by atoms with Gasteiger partial charge in [0.1, 0.15) is 5.82 Å². The molecule has 0 aliphatic carbocycles. The first-order valence-corrected chi connectivity index (χ1v) is 5.85. The van der Waals surface area contributed by atoms with Crippen molar-refractivity contribution in [2.75, 3.05) is 6.54 Å². The standard InChI is InChI=1S/C12H15FN2O2/c13-9-5-6-10(12(8-9)15(16)17)11-4-2-1-3-7-14-11/h5-6,8,11,14H,1-4,7H2. The minimum atomic E-state index is -0.561. The highest BCUT2D eigenvalue weighted by Crippen LogP contribution is 2.30. The van der Waals surface area contributed by atoms with E-state index in [1.807, 2.05) is 0 Å². The molecule has 0 radical (unpaired) electrons. The van der Waals surface area contributed by atoms with Crippen LogP contribution in [-0.2, 0) is 0 Å². The molecule has 1 heterocycles. The van der Waals surface area contributed by atoms with Crippen LogP contribution in [0.1, 0.15) is 37.3 Å². The molecule has 0 bridgehead atoms. The Morgan fingerprint density at radius 2 is 2.18 bits per heavy atom. The van der Waals surface area contributed by atoms with Gasteiger partial charge in [0.2, 0.25) is 0 Å². The van der Waals surface area contributed by atoms with E-state index in [1.165, 1.54) is 12.1 Å². The summed E-state index contributed by atoms with van der Waals surface area (Å²) in [6.45, 7) is 0.860. The van der Waals surface area contributed by atoms with Crippen molar-refractivity contribution in [1.82, 2.24) is 5.32 Å². The third-order valence-electron chi connectivity index (χ3n) is 3.12. The van der Waals surface area contributed by atoms with Crippen molar-refractivity contribution in [1.29, 1.82) is 0 Å². The Kier molecular flexibility index (Phi) is 3.68. The van der Waals surface area contributed by atoms with E-state index in [0.717, 1.165) is 38.3 Å². The van der Waals surface area contributed by atoms with E-state index in [4.69, 9.17) is 0 Å². The average molecular weight is 238 g/mol. The number of nitrogens with one attached hydrogen (secondary N) is 1. The molecule has 17 heavy (non-hydrogen) atoms. The summed E-state index contributed by atoms with van der Waals surface area (Å²) < 4.78 is 13.0. The maximum atomic E-state index is 13.0. The van der Waals surface area contributed by atoms with Gasteiger partial charge >= 0.3 is 0 Å². The molecule has 0 aromatic heterocycles. The monoisotopic (exact) mass is 238 g/mol. The lowest BCUT2D eigenvalue weighted by Crippen LogP contribution is -2.21. The molecule has 1 aromatic rings. The third kappa shape index (κ3) is 2.79. The van der Waals surface area contributed by atoms with Gasteiger partial charge in [0.25, 0.3) is 5.69 Å². The summed E-state index contributed by atoms with van der Waals surface area (Å²) in [4.78, 5) is 10.4. The Morgan fingerprint density at radius 3 is 2.94 bits per heavy atom. The Labute approximate surface area is 99.0 Å². The quantitative estimate of drug-likeness (QED) is 0.636. The maximum Gasteiger partial charge on any atom is 0.277 e. The fraction of sp³-hybridized carbons (Fsp3) is 0.500. The number of rotatable bonds is 2. The van der Waals surface area contributed by atoms with Gasteiger partial charge in [0.15, 0.2) is 0 Å². The first-order valence-electron chi connectivity index (χ1n) is 5.85. The van der Waals surface area contributed by atoms with Crippen LogP contribution in [0.15, 0.2) is 18.2 Å². The van der Waals surface area contributed by atoms with Crippen LogP contribution in [0, 0.1) is 15.9 Å². The topological polar surface area (TPSA) is 55.2 Å². The lowest BCUT2D eigenvalue weighted by atomic mass is 10.0. The molecular formula is C12H15FN2O2. The molecule has 1 aromatic carbocycles. The summed E-state index contributed by atoms with van der Waals surface area (Å²) >= 11 is 0. The molecule has 1 aliphatic rings. The second-order valence-corrected chi connectivity index (χ2v) is 4.32. The number of halogens is 1. The summed E-state index contributed by atoms with van der Waals surface area (Å²) in [6.07, 6.45) is 4.14. The molecule has 2 rings (SSSR count). The molecule has 1 unspecified atom stereocenters. The predicted octanol–water partition coefficient (Wildman–Crippen LogP) is 2.94. The van der Waals surface area contributed by atoms with Gasteiger partial charge < -0.3 is 5.32 Å². The van der Waals surface area contributed by atoms with Crippen molar-refractivity contribution in [3.8, 4) is 0 Å². The van der Waals surface area contributed by atoms with Crippen LogP contribution in [-0.4, -0.2) is 11.5 Å². The van der Waals surface area contributed by atoms with Crippen LogP contribution in [0.2, 0.25) is 0 Å². The van der Waals surface area contributed by atoms with Gasteiger partial charge in [-0.25, -0.2) is 4.39 Å². The summed E-state index contributed by atoms with van der Waals surface area (Å²) in [5.41, 5.74) is 0.475. The summed E-state index contributed by atoms with van der Waals surface area (Å²) in [5.74, 6) is -0.561. The fourth-order valence-corrected chi connectivity index (χ4v) is 2.26. The van der Waals surface area contributed by atoms with Crippen molar-refractivity contribution in [2.45, 2.75) is 31.7 Å². The van der Waals surface area contributed by atoms with E-state index in [1.54, 1.807) is 0 Å². The predicted molar refractivity (Wildman–Crippen MR) is 62.3 cm³/mol. The third-order valence-corrected chi connectivity index (χ3v) is 3.12. The van der Waals surface area contributed by atoms with Crippen LogP contribution in [0.25, 0.3) is 0 Å². The molecule has 1 N–H and O–H groups in total. The van der Waals surface area contributed by atoms with Crippen LogP contribution in [0.5, 0.6) is 0 Å². The first kappa shape index (κ1) is 12.0. The molecule has 1 aliphatic heterocycles. The fourth-order valence-electron chi connectivity index (χ4n) is 2.26. The zero-order chi connectivity index (χ0) is 12.3. The van der Waals surface area contributed by atoms with E-state index >= 15 is 0 Å². The Bertz CT molecular complexity index is 415. The Hall–Kier alpha value is -1.49. The van der Waals surface area contributed by atoms with E-state index in [0.29, 0.717) is 5.56 Å². The number of nitro groups is 1. The lowest BCUT2D eigenvalue weighted by Gasteiger charge is -2.16. The Morgan fingerprint density at radius 1 is 1.35 bits per heavy atom. The lowest BCUT2D eigenvalue weighted by molar-refractivity contribution is -0.386. The van der Waals surface area contributed by atoms with Gasteiger partial charge in [0.05, 0.1) is 11.0 Å². The summed E-state index contributed by atoms with van der Waals surface area (Å²) in [6, 6.07) is 3.78. The van der Waals surface area contributed by atoms with E-state index < -0.39 is 10.7 Å². The van der Waals surface area contributed by atoms with Gasteiger partial charge in [-0.2, -0.15) is 0 Å². The van der Waals surface area contributed by atoms with Crippen molar-refractivity contribution >= 4 is 5.69 Å². The second-order valence-electron chi connectivity index (χ2n) is 4.32. The smallest absolute Gasteiger partial charge is 0.277 e. The van der Waals surface area contributed by atoms with Crippen LogP contribution in [0.4, 0.5) is 10.1 Å². The van der Waals surface area contributed by atoms with Crippen LogP contribution < -0.4 is 5.32 Å². The maximum absolute atomic E-state index is 13.0. The molecule has 92 valence electrons. The van der Waals surface area contributed by atoms with Crippen LogP contribution in [0.3, 0.4) is 0 Å². The number of benzene rings is 1. The van der Waals surface area contributed by atoms with Crippen molar-refractivity contribution in [3.63, 3.8) is 0 Å². The van der Waals surface area contributed by atoms with Gasteiger partial charge in [-0.1, -0.05) is 12.8 Å². The highest BCUT2D eigenvalue weighted by atomic mass is 19.1. The largest absolute Gasteiger partial charge is 0.310 e. The highest BCUT2D eigenvalue weighted by Gasteiger charge is 2.23. The molecular weight excluding hydrogens is 223 g/mol. The van der Waals surface area contributed by atoms with Gasteiger partial charge in [-0.3, -0.25) is 10.1 Å². The molecule has 1 fully saturated rings. The zero-order valence-electron chi connectivity index (χ0n) is 9.49. The SMILES string of the molecule is O=[N+]([O-])c1cc(F)ccc1C1CCCCCN1. The van der Waals surface area contributed by atoms with Gasteiger partial charge in [-0.15, -0.1) is 0 Å². The Balaban J connectivity index is 2.32. The summed E-state index contributed by atoms with van der Waals surface area (Å²) in [5, 5.41) is 14.2. The molecule has 1 atom stereocenters. The molecule has 1 saturated heterocycles. The molecule has 0 saturated carbocycles. The average Bonchev–Trinajstić information content (AvgIpc) is 2.57. The van der Waals surface area contributed by atoms with Crippen LogP contribution >= 0.6 is 0 Å². The number of hydrogen-bond acceptors (Lipinski definition) is 3. The van der Waals surface area contributed by atoms with Crippen molar-refractivity contribution in [3.05, 3.63) is 39.7 Å². The first-order chi connectivity index (χ1) is 8.18. The molecule has 4 nitrogen and oxygen atoms in total. The molecule has 5 heteroatoms. The van der Waals surface area contributed by atoms with Crippen molar-refractivity contribution in [2.24, 2.45) is 0 Å². The number of nitro benzene ring substituents is 1. The van der Waals surface area contributed by atoms with Gasteiger partial charge in [-0.05, 0) is 31.5 Å². The number of hydrogen-bond donors (Lipinski definition) is 1. The normalized spacial score (nSPS) is 20.9. The minimum absolute atomic E-state index is 0.0292. The minimum Gasteiger partial charge on any atom is -0.310 e. The highest BCUT2D eigenvalue weighted by molar-refractivity contribution is 5.42. The second kappa shape index (κ2) is 5.23.